The van der Waals surface area contributed by atoms with Gasteiger partial charge >= 0.3 is 0 Å². The number of anilines is 1. The minimum atomic E-state index is -0.240. The maximum absolute atomic E-state index is 11.0. The molecule has 0 aromatic carbocycles. The maximum atomic E-state index is 11.0. The van der Waals surface area contributed by atoms with Gasteiger partial charge < -0.3 is 5.32 Å². The highest BCUT2D eigenvalue weighted by Crippen LogP contribution is 2.21. The second-order valence-electron chi connectivity index (χ2n) is 3.09. The van der Waals surface area contributed by atoms with Gasteiger partial charge in [-0.2, -0.15) is 5.10 Å². The molecule has 14 heavy (non-hydrogen) atoms. The van der Waals surface area contributed by atoms with Crippen molar-refractivity contribution in [1.29, 1.82) is 0 Å². The van der Waals surface area contributed by atoms with E-state index in [1.54, 1.807) is 10.9 Å². The van der Waals surface area contributed by atoms with Gasteiger partial charge in [-0.05, 0) is 29.8 Å². The summed E-state index contributed by atoms with van der Waals surface area (Å²) >= 11 is 8.62. The van der Waals surface area contributed by atoms with Crippen molar-refractivity contribution < 1.29 is 4.79 Å². The number of carbonyl (C=O) groups excluding carboxylic acids is 1. The van der Waals surface area contributed by atoms with E-state index in [1.807, 2.05) is 13.8 Å². The monoisotopic (exact) mass is 279 g/mol. The quantitative estimate of drug-likeness (QED) is 0.864. The summed E-state index contributed by atoms with van der Waals surface area (Å²) in [6.45, 7) is 4.01. The van der Waals surface area contributed by atoms with E-state index in [-0.39, 0.29) is 17.8 Å². The lowest BCUT2D eigenvalue weighted by molar-refractivity contribution is -0.113. The van der Waals surface area contributed by atoms with Crippen LogP contribution in [-0.2, 0) is 4.79 Å². The largest absolute Gasteiger partial charge is 0.321 e. The Morgan fingerprint density at radius 1 is 1.79 bits per heavy atom. The van der Waals surface area contributed by atoms with Crippen molar-refractivity contribution in [2.45, 2.75) is 19.9 Å². The Morgan fingerprint density at radius 2 is 2.43 bits per heavy atom. The Bertz CT molecular complexity index is 337. The van der Waals surface area contributed by atoms with Gasteiger partial charge in [0.1, 0.15) is 5.88 Å². The molecule has 0 aliphatic carbocycles. The third-order valence-electron chi connectivity index (χ3n) is 1.61. The molecule has 1 aromatic rings. The van der Waals surface area contributed by atoms with Crippen molar-refractivity contribution >= 4 is 39.1 Å². The van der Waals surface area contributed by atoms with Crippen LogP contribution in [0.3, 0.4) is 0 Å². The Kier molecular flexibility index (Phi) is 3.95. The highest BCUT2D eigenvalue weighted by atomic mass is 79.9. The van der Waals surface area contributed by atoms with Crippen LogP contribution in [0.25, 0.3) is 0 Å². The molecule has 1 aromatic heterocycles. The van der Waals surface area contributed by atoms with E-state index in [9.17, 15) is 4.79 Å². The van der Waals surface area contributed by atoms with E-state index in [1.165, 1.54) is 0 Å². The van der Waals surface area contributed by atoms with Crippen molar-refractivity contribution in [2.75, 3.05) is 11.2 Å². The summed E-state index contributed by atoms with van der Waals surface area (Å²) in [6.07, 6.45) is 1.76. The molecule has 1 rings (SSSR count). The first-order valence-electron chi connectivity index (χ1n) is 4.15. The molecule has 1 heterocycles. The van der Waals surface area contributed by atoms with E-state index < -0.39 is 0 Å². The number of rotatable bonds is 3. The van der Waals surface area contributed by atoms with Gasteiger partial charge in [0.15, 0.2) is 4.60 Å². The van der Waals surface area contributed by atoms with Crippen LogP contribution >= 0.6 is 27.5 Å². The lowest BCUT2D eigenvalue weighted by Gasteiger charge is -2.02. The maximum Gasteiger partial charge on any atom is 0.239 e. The zero-order valence-corrected chi connectivity index (χ0v) is 10.3. The van der Waals surface area contributed by atoms with Crippen LogP contribution in [0.1, 0.15) is 19.9 Å². The third-order valence-corrected chi connectivity index (χ3v) is 2.44. The normalized spacial score (nSPS) is 10.6. The predicted octanol–water partition coefficient (Wildman–Crippen LogP) is 2.40. The first kappa shape index (κ1) is 11.5. The number of hydrogen-bond donors (Lipinski definition) is 1. The van der Waals surface area contributed by atoms with Gasteiger partial charge in [0, 0.05) is 6.04 Å². The number of amides is 1. The number of aromatic nitrogens is 2. The van der Waals surface area contributed by atoms with E-state index in [4.69, 9.17) is 11.6 Å². The van der Waals surface area contributed by atoms with Crippen molar-refractivity contribution in [2.24, 2.45) is 0 Å². The molecule has 0 saturated carbocycles. The van der Waals surface area contributed by atoms with E-state index in [2.05, 4.69) is 26.3 Å². The molecule has 0 spiro atoms. The van der Waals surface area contributed by atoms with Gasteiger partial charge in [-0.3, -0.25) is 9.48 Å². The molecule has 78 valence electrons. The SMILES string of the molecule is CC(C)n1cc(NC(=O)CCl)c(Br)n1. The second-order valence-corrected chi connectivity index (χ2v) is 4.11. The van der Waals surface area contributed by atoms with Crippen molar-refractivity contribution in [1.82, 2.24) is 9.78 Å². The molecule has 0 saturated heterocycles. The molecule has 0 unspecified atom stereocenters. The van der Waals surface area contributed by atoms with Crippen LogP contribution in [0, 0.1) is 0 Å². The summed E-state index contributed by atoms with van der Waals surface area (Å²) in [7, 11) is 0. The fourth-order valence-corrected chi connectivity index (χ4v) is 1.35. The van der Waals surface area contributed by atoms with E-state index >= 15 is 0 Å². The molecule has 0 radical (unpaired) electrons. The van der Waals surface area contributed by atoms with Crippen LogP contribution in [0.15, 0.2) is 10.8 Å². The van der Waals surface area contributed by atoms with Crippen molar-refractivity contribution in [3.8, 4) is 0 Å². The molecule has 4 nitrogen and oxygen atoms in total. The lowest BCUT2D eigenvalue weighted by atomic mass is 10.4. The zero-order valence-electron chi connectivity index (χ0n) is 7.92. The lowest BCUT2D eigenvalue weighted by Crippen LogP contribution is -2.12. The Labute approximate surface area is 95.7 Å². The summed E-state index contributed by atoms with van der Waals surface area (Å²) in [5.41, 5.74) is 0.643. The molecular formula is C8H11BrClN3O. The molecule has 6 heteroatoms. The molecular weight excluding hydrogens is 269 g/mol. The smallest absolute Gasteiger partial charge is 0.239 e. The summed E-state index contributed by atoms with van der Waals surface area (Å²) in [4.78, 5) is 11.0. The Hall–Kier alpha value is -0.550. The first-order chi connectivity index (χ1) is 6.54. The number of nitrogens with zero attached hydrogens (tertiary/aromatic N) is 2. The third kappa shape index (κ3) is 2.72. The van der Waals surface area contributed by atoms with Crippen molar-refractivity contribution in [3.63, 3.8) is 0 Å². The molecule has 1 N–H and O–H groups in total. The summed E-state index contributed by atoms with van der Waals surface area (Å²) in [5, 5.41) is 6.81. The molecule has 0 aliphatic rings. The standard InChI is InChI=1S/C8H11BrClN3O/c1-5(2)13-4-6(8(9)12-13)11-7(14)3-10/h4-5H,3H2,1-2H3,(H,11,14). The fraction of sp³-hybridized carbons (Fsp3) is 0.500. The molecule has 1 amide bonds. The zero-order chi connectivity index (χ0) is 10.7. The van der Waals surface area contributed by atoms with Crippen molar-refractivity contribution in [3.05, 3.63) is 10.8 Å². The number of halogens is 2. The molecule has 0 bridgehead atoms. The number of alkyl halides is 1. The van der Waals surface area contributed by atoms with Gasteiger partial charge in [-0.15, -0.1) is 11.6 Å². The van der Waals surface area contributed by atoms with Crippen LogP contribution < -0.4 is 5.32 Å². The van der Waals surface area contributed by atoms with Gasteiger partial charge in [0.05, 0.1) is 11.9 Å². The van der Waals surface area contributed by atoms with Gasteiger partial charge in [0.2, 0.25) is 5.91 Å². The Balaban J connectivity index is 2.82. The van der Waals surface area contributed by atoms with Gasteiger partial charge in [-0.25, -0.2) is 0 Å². The summed E-state index contributed by atoms with van der Waals surface area (Å²) in [5.74, 6) is -0.296. The minimum Gasteiger partial charge on any atom is -0.321 e. The van der Waals surface area contributed by atoms with Crippen LogP contribution in [0.4, 0.5) is 5.69 Å². The van der Waals surface area contributed by atoms with Gasteiger partial charge in [0.25, 0.3) is 0 Å². The van der Waals surface area contributed by atoms with Crippen LogP contribution in [0.2, 0.25) is 0 Å². The predicted molar refractivity (Wildman–Crippen MR) is 59.7 cm³/mol. The fourth-order valence-electron chi connectivity index (χ4n) is 0.902. The number of carbonyl (C=O) groups is 1. The second kappa shape index (κ2) is 4.79. The summed E-state index contributed by atoms with van der Waals surface area (Å²) < 4.78 is 2.37. The summed E-state index contributed by atoms with van der Waals surface area (Å²) in [6, 6.07) is 0.257. The highest BCUT2D eigenvalue weighted by Gasteiger charge is 2.10. The van der Waals surface area contributed by atoms with E-state index in [0.29, 0.717) is 10.3 Å². The molecule has 0 aliphatic heterocycles. The number of hydrogen-bond acceptors (Lipinski definition) is 2. The van der Waals surface area contributed by atoms with Crippen LogP contribution in [-0.4, -0.2) is 21.6 Å². The van der Waals surface area contributed by atoms with E-state index in [0.717, 1.165) is 0 Å². The average molecular weight is 281 g/mol. The Morgan fingerprint density at radius 3 is 2.86 bits per heavy atom. The average Bonchev–Trinajstić information content (AvgIpc) is 2.48. The highest BCUT2D eigenvalue weighted by molar-refractivity contribution is 9.10. The number of nitrogens with one attached hydrogen (secondary N) is 1. The first-order valence-corrected chi connectivity index (χ1v) is 5.47. The minimum absolute atomic E-state index is 0.0563. The van der Waals surface area contributed by atoms with Gasteiger partial charge in [-0.1, -0.05) is 0 Å². The molecule has 0 fully saturated rings. The van der Waals surface area contributed by atoms with Crippen LogP contribution in [0.5, 0.6) is 0 Å². The topological polar surface area (TPSA) is 46.9 Å². The molecule has 0 atom stereocenters.